The molecule has 0 saturated heterocycles. The summed E-state index contributed by atoms with van der Waals surface area (Å²) in [5.41, 5.74) is 0.315. The minimum absolute atomic E-state index is 0. The van der Waals surface area contributed by atoms with Gasteiger partial charge in [0.05, 0.1) is 0 Å². The quantitative estimate of drug-likeness (QED) is 0.165. The molecule has 0 radical (unpaired) electrons. The van der Waals surface area contributed by atoms with Gasteiger partial charge in [0, 0.05) is 32.9 Å². The summed E-state index contributed by atoms with van der Waals surface area (Å²) in [5.74, 6) is 0. The molecule has 0 saturated carbocycles. The summed E-state index contributed by atoms with van der Waals surface area (Å²) in [7, 11) is 6.93. The zero-order chi connectivity index (χ0) is 20.5. The van der Waals surface area contributed by atoms with E-state index in [1.54, 1.807) is 21.3 Å². The molecular formula is C22H50ClNO3Si. The maximum Gasteiger partial charge on any atom is 0.505 e. The predicted molar refractivity (Wildman–Crippen MR) is 127 cm³/mol. The Labute approximate surface area is 183 Å². The number of unbranched alkanes of at least 4 members (excludes halogenated alkanes) is 10. The first-order valence-corrected chi connectivity index (χ1v) is 13.1. The van der Waals surface area contributed by atoms with Crippen molar-refractivity contribution in [2.75, 3.05) is 35.4 Å². The van der Waals surface area contributed by atoms with Gasteiger partial charge in [-0.25, -0.2) is 0 Å². The lowest BCUT2D eigenvalue weighted by Gasteiger charge is -2.39. The second kappa shape index (κ2) is 19.3. The summed E-state index contributed by atoms with van der Waals surface area (Å²) in [6, 6.07) is 0.445. The van der Waals surface area contributed by atoms with Gasteiger partial charge in [-0.3, -0.25) is 0 Å². The summed E-state index contributed by atoms with van der Waals surface area (Å²) in [5, 5.41) is 0. The largest absolute Gasteiger partial charge is 0.505 e. The van der Waals surface area contributed by atoms with E-state index in [1.165, 1.54) is 77.0 Å². The van der Waals surface area contributed by atoms with Crippen molar-refractivity contribution < 1.29 is 13.3 Å². The van der Waals surface area contributed by atoms with E-state index in [9.17, 15) is 0 Å². The van der Waals surface area contributed by atoms with Crippen molar-refractivity contribution in [2.24, 2.45) is 0 Å². The lowest BCUT2D eigenvalue weighted by atomic mass is 10.0. The highest BCUT2D eigenvalue weighted by Crippen LogP contribution is 2.35. The number of nitrogens with zero attached hydrogens (tertiary/aromatic N) is 1. The zero-order valence-electron chi connectivity index (χ0n) is 19.9. The highest BCUT2D eigenvalue weighted by molar-refractivity contribution is 6.62. The van der Waals surface area contributed by atoms with Crippen molar-refractivity contribution in [3.05, 3.63) is 0 Å². The van der Waals surface area contributed by atoms with Crippen molar-refractivity contribution in [3.63, 3.8) is 0 Å². The predicted octanol–water partition coefficient (Wildman–Crippen LogP) is 6.70. The first kappa shape index (κ1) is 30.5. The van der Waals surface area contributed by atoms with Gasteiger partial charge in [-0.15, -0.1) is 12.4 Å². The van der Waals surface area contributed by atoms with Crippen molar-refractivity contribution >= 4 is 21.2 Å². The molecule has 0 aromatic carbocycles. The van der Waals surface area contributed by atoms with Gasteiger partial charge < -0.3 is 18.2 Å². The van der Waals surface area contributed by atoms with Crippen LogP contribution in [-0.2, 0) is 13.3 Å². The number of halogens is 1. The maximum atomic E-state index is 5.80. The van der Waals surface area contributed by atoms with Crippen LogP contribution in [0.25, 0.3) is 0 Å². The normalized spacial score (nSPS) is 14.1. The van der Waals surface area contributed by atoms with Gasteiger partial charge in [-0.05, 0) is 26.9 Å². The SMILES string of the molecule is CCCCCCCCCCCCCC(C(CC)[Si](OC)(OC)OC)N(C)C.Cl. The van der Waals surface area contributed by atoms with E-state index >= 15 is 0 Å². The van der Waals surface area contributed by atoms with E-state index < -0.39 is 8.80 Å². The smallest absolute Gasteiger partial charge is 0.377 e. The molecule has 0 N–H and O–H groups in total. The van der Waals surface area contributed by atoms with Crippen molar-refractivity contribution in [1.82, 2.24) is 4.90 Å². The van der Waals surface area contributed by atoms with E-state index in [0.29, 0.717) is 11.6 Å². The molecule has 28 heavy (non-hydrogen) atoms. The topological polar surface area (TPSA) is 30.9 Å². The summed E-state index contributed by atoms with van der Waals surface area (Å²) in [6.45, 7) is 4.51. The van der Waals surface area contributed by atoms with Gasteiger partial charge in [0.1, 0.15) is 0 Å². The Morgan fingerprint density at radius 3 is 1.39 bits per heavy atom. The fourth-order valence-electron chi connectivity index (χ4n) is 4.30. The van der Waals surface area contributed by atoms with Gasteiger partial charge in [-0.2, -0.15) is 0 Å². The average Bonchev–Trinajstić information content (AvgIpc) is 2.68. The maximum absolute atomic E-state index is 5.80. The third-order valence-electron chi connectivity index (χ3n) is 5.98. The van der Waals surface area contributed by atoms with Crippen LogP contribution in [0.2, 0.25) is 5.54 Å². The van der Waals surface area contributed by atoms with Crippen LogP contribution in [0.5, 0.6) is 0 Å². The molecule has 0 aromatic rings. The molecule has 0 heterocycles. The van der Waals surface area contributed by atoms with Gasteiger partial charge in [0.2, 0.25) is 0 Å². The van der Waals surface area contributed by atoms with E-state index in [2.05, 4.69) is 32.8 Å². The summed E-state index contributed by atoms with van der Waals surface area (Å²) >= 11 is 0. The summed E-state index contributed by atoms with van der Waals surface area (Å²) in [4.78, 5) is 2.34. The molecule has 2 atom stereocenters. The minimum atomic E-state index is -2.61. The van der Waals surface area contributed by atoms with Crippen molar-refractivity contribution in [2.45, 2.75) is 109 Å². The minimum Gasteiger partial charge on any atom is -0.377 e. The Kier molecular flexibility index (Phi) is 21.1. The fraction of sp³-hybridized carbons (Fsp3) is 1.00. The molecule has 0 bridgehead atoms. The molecular weight excluding hydrogens is 390 g/mol. The molecule has 0 aromatic heterocycles. The lowest BCUT2D eigenvalue weighted by Crippen LogP contribution is -2.54. The molecule has 172 valence electrons. The molecule has 0 aliphatic rings. The molecule has 0 aliphatic carbocycles. The zero-order valence-corrected chi connectivity index (χ0v) is 21.7. The van der Waals surface area contributed by atoms with Crippen LogP contribution in [0.4, 0.5) is 0 Å². The first-order chi connectivity index (χ1) is 13.0. The number of hydrogen-bond donors (Lipinski definition) is 0. The van der Waals surface area contributed by atoms with Crippen LogP contribution in [0.15, 0.2) is 0 Å². The molecule has 4 nitrogen and oxygen atoms in total. The Balaban J connectivity index is 0. The Morgan fingerprint density at radius 2 is 1.07 bits per heavy atom. The number of hydrogen-bond acceptors (Lipinski definition) is 4. The van der Waals surface area contributed by atoms with E-state index in [1.807, 2.05) is 0 Å². The average molecular weight is 440 g/mol. The Hall–Kier alpha value is 0.347. The number of rotatable bonds is 19. The third kappa shape index (κ3) is 11.5. The monoisotopic (exact) mass is 439 g/mol. The molecule has 0 amide bonds. The molecule has 0 spiro atoms. The van der Waals surface area contributed by atoms with Gasteiger partial charge in [0.25, 0.3) is 0 Å². The van der Waals surface area contributed by atoms with E-state index in [0.717, 1.165) is 6.42 Å². The second-order valence-electron chi connectivity index (χ2n) is 8.09. The highest BCUT2D eigenvalue weighted by atomic mass is 35.5. The van der Waals surface area contributed by atoms with Crippen LogP contribution >= 0.6 is 12.4 Å². The first-order valence-electron chi connectivity index (χ1n) is 11.3. The van der Waals surface area contributed by atoms with Crippen LogP contribution < -0.4 is 0 Å². The van der Waals surface area contributed by atoms with Gasteiger partial charge in [-0.1, -0.05) is 84.5 Å². The Bertz CT molecular complexity index is 323. The second-order valence-corrected chi connectivity index (χ2v) is 11.3. The van der Waals surface area contributed by atoms with Crippen LogP contribution in [-0.4, -0.2) is 55.2 Å². The van der Waals surface area contributed by atoms with Gasteiger partial charge >= 0.3 is 8.80 Å². The fourth-order valence-corrected chi connectivity index (χ4v) is 7.14. The van der Waals surface area contributed by atoms with E-state index in [-0.39, 0.29) is 12.4 Å². The summed E-state index contributed by atoms with van der Waals surface area (Å²) < 4.78 is 17.4. The molecule has 6 heteroatoms. The molecule has 0 aliphatic heterocycles. The lowest BCUT2D eigenvalue weighted by molar-refractivity contribution is 0.0902. The van der Waals surface area contributed by atoms with E-state index in [4.69, 9.17) is 13.3 Å². The van der Waals surface area contributed by atoms with Crippen LogP contribution in [0.3, 0.4) is 0 Å². The molecule has 0 rings (SSSR count). The molecule has 2 unspecified atom stereocenters. The molecule has 0 fully saturated rings. The van der Waals surface area contributed by atoms with Crippen molar-refractivity contribution in [3.8, 4) is 0 Å². The van der Waals surface area contributed by atoms with Crippen LogP contribution in [0, 0.1) is 0 Å². The highest BCUT2D eigenvalue weighted by Gasteiger charge is 2.50. The summed E-state index contributed by atoms with van der Waals surface area (Å²) in [6.07, 6.45) is 17.4. The van der Waals surface area contributed by atoms with Gasteiger partial charge in [0.15, 0.2) is 0 Å². The Morgan fingerprint density at radius 1 is 0.679 bits per heavy atom. The standard InChI is InChI=1S/C22H49NO3Si.ClH/c1-8-10-11-12-13-14-15-16-17-18-19-20-21(23(3)4)22(9-2)27(24-5,25-6)26-7;/h21-22H,8-20H2,1-7H3;1H. The third-order valence-corrected chi connectivity index (χ3v) is 9.39. The van der Waals surface area contributed by atoms with Crippen LogP contribution in [0.1, 0.15) is 97.3 Å². The van der Waals surface area contributed by atoms with Crippen molar-refractivity contribution in [1.29, 1.82) is 0 Å².